The van der Waals surface area contributed by atoms with Gasteiger partial charge in [-0.25, -0.2) is 4.57 Å². The van der Waals surface area contributed by atoms with Crippen LogP contribution in [0.2, 0.25) is 0 Å². The Morgan fingerprint density at radius 2 is 0.883 bits per heavy atom. The number of nitrogens with two attached hydrogens (primary N) is 1. The molecule has 3 N–H and O–H groups in total. The van der Waals surface area contributed by atoms with Gasteiger partial charge in [-0.1, -0.05) is 175 Å². The normalized spacial score (nSPS) is 14.4. The summed E-state index contributed by atoms with van der Waals surface area (Å²) in [6.45, 7) is 4.61. The Kier molecular flexibility index (Phi) is 45.0. The predicted molar refractivity (Wildman–Crippen MR) is 256 cm³/mol. The molecule has 60 heavy (non-hydrogen) atoms. The number of hydrogen-bond acceptors (Lipinski definition) is 7. The van der Waals surface area contributed by atoms with Crippen molar-refractivity contribution >= 4 is 13.8 Å². The lowest BCUT2D eigenvalue weighted by molar-refractivity contribution is -0.154. The molecule has 8 nitrogen and oxygen atoms in total. The summed E-state index contributed by atoms with van der Waals surface area (Å²) in [5.41, 5.74) is 5.38. The van der Waals surface area contributed by atoms with Gasteiger partial charge in [-0.15, -0.1) is 0 Å². The highest BCUT2D eigenvalue weighted by Gasteiger charge is 2.25. The van der Waals surface area contributed by atoms with Crippen LogP contribution in [0.5, 0.6) is 0 Å². The summed E-state index contributed by atoms with van der Waals surface area (Å²) in [6, 6.07) is 0. The van der Waals surface area contributed by atoms with Crippen molar-refractivity contribution in [3.8, 4) is 0 Å². The highest BCUT2D eigenvalue weighted by Crippen LogP contribution is 2.43. The molecule has 0 radical (unpaired) electrons. The van der Waals surface area contributed by atoms with E-state index in [9.17, 15) is 14.3 Å². The second-order valence-corrected chi connectivity index (χ2v) is 16.3. The van der Waals surface area contributed by atoms with Gasteiger partial charge in [-0.05, 0) is 96.3 Å². The van der Waals surface area contributed by atoms with E-state index in [1.165, 1.54) is 32.1 Å². The van der Waals surface area contributed by atoms with E-state index in [-0.39, 0.29) is 32.3 Å². The molecular formula is C51H86NO7P. The average Bonchev–Trinajstić information content (AvgIpc) is 3.24. The average molecular weight is 856 g/mol. The Labute approximate surface area is 367 Å². The molecule has 0 heterocycles. The third kappa shape index (κ3) is 46.2. The van der Waals surface area contributed by atoms with Crippen molar-refractivity contribution in [2.45, 2.75) is 174 Å². The Bertz CT molecular complexity index is 1280. The molecule has 0 saturated carbocycles. The number of phosphoric acid groups is 1. The lowest BCUT2D eigenvalue weighted by atomic mass is 10.1. The highest BCUT2D eigenvalue weighted by molar-refractivity contribution is 7.47. The molecule has 0 aliphatic heterocycles. The molecule has 0 aromatic carbocycles. The number of unbranched alkanes of at least 4 members (excludes halogenated alkanes) is 12. The van der Waals surface area contributed by atoms with Gasteiger partial charge in [0.25, 0.3) is 0 Å². The Hall–Kier alpha value is -2.84. The quantitative estimate of drug-likeness (QED) is 0.0269. The molecule has 0 aromatic heterocycles. The first-order chi connectivity index (χ1) is 29.4. The van der Waals surface area contributed by atoms with Gasteiger partial charge in [-0.3, -0.25) is 13.8 Å². The molecule has 0 saturated heterocycles. The van der Waals surface area contributed by atoms with Gasteiger partial charge >= 0.3 is 13.8 Å². The lowest BCUT2D eigenvalue weighted by Crippen LogP contribution is -2.28. The van der Waals surface area contributed by atoms with Gasteiger partial charge in [-0.2, -0.15) is 0 Å². The summed E-state index contributed by atoms with van der Waals surface area (Å²) < 4.78 is 33.5. The molecule has 0 aliphatic carbocycles. The minimum absolute atomic E-state index is 0.0883. The van der Waals surface area contributed by atoms with Crippen molar-refractivity contribution in [1.82, 2.24) is 0 Å². The highest BCUT2D eigenvalue weighted by atomic mass is 31.2. The van der Waals surface area contributed by atoms with Crippen LogP contribution >= 0.6 is 7.82 Å². The zero-order valence-corrected chi connectivity index (χ0v) is 38.8. The maximum absolute atomic E-state index is 12.6. The minimum atomic E-state index is -4.30. The number of phosphoric ester groups is 1. The third-order valence-corrected chi connectivity index (χ3v) is 10.2. The summed E-state index contributed by atoms with van der Waals surface area (Å²) in [5.74, 6) is -0.355. The van der Waals surface area contributed by atoms with Gasteiger partial charge in [0.2, 0.25) is 0 Å². The smallest absolute Gasteiger partial charge is 0.457 e. The Balaban J connectivity index is 4.09. The van der Waals surface area contributed by atoms with Gasteiger partial charge in [0, 0.05) is 19.6 Å². The van der Waals surface area contributed by atoms with Crippen LogP contribution in [0.25, 0.3) is 0 Å². The number of hydrogen-bond donors (Lipinski definition) is 2. The van der Waals surface area contributed by atoms with Crippen LogP contribution in [0, 0.1) is 0 Å². The van der Waals surface area contributed by atoms with Crippen LogP contribution in [0.15, 0.2) is 109 Å². The third-order valence-electron chi connectivity index (χ3n) is 9.19. The number of esters is 1. The molecule has 342 valence electrons. The lowest BCUT2D eigenvalue weighted by Gasteiger charge is -2.20. The molecule has 0 fully saturated rings. The molecule has 9 heteroatoms. The first-order valence-electron chi connectivity index (χ1n) is 23.4. The van der Waals surface area contributed by atoms with Crippen LogP contribution in [-0.4, -0.2) is 49.9 Å². The number of carbonyl (C=O) groups excluding carboxylic acids is 1. The maximum Gasteiger partial charge on any atom is 0.472 e. The summed E-state index contributed by atoms with van der Waals surface area (Å²) in [4.78, 5) is 22.5. The van der Waals surface area contributed by atoms with Crippen LogP contribution in [-0.2, 0) is 27.9 Å². The van der Waals surface area contributed by atoms with E-state index in [0.717, 1.165) is 116 Å². The minimum Gasteiger partial charge on any atom is -0.457 e. The second-order valence-electron chi connectivity index (χ2n) is 14.9. The standard InChI is InChI=1S/C51H86NO7P/c1-3-5-7-9-11-13-15-17-19-21-23-24-25-27-29-31-33-35-37-39-41-43-46-56-48-50(49-58-60(54,55)57-47-45-52)59-51(53)44-42-40-38-36-34-32-30-28-26-22-20-18-16-14-12-10-8-6-4-2/h5-8,11-14,17-20,23-24,26-29,50H,3-4,9-10,15-16,21-22,25,30-49,52H2,1-2H3,(H,54,55)/b7-5-,8-6-,13-11-,14-12-,19-17-,20-18-,24-23-,28-26-,29-27-. The molecule has 2 atom stereocenters. The largest absolute Gasteiger partial charge is 0.472 e. The predicted octanol–water partition coefficient (Wildman–Crippen LogP) is 14.4. The molecule has 0 aliphatic rings. The van der Waals surface area contributed by atoms with E-state index in [1.807, 2.05) is 0 Å². The van der Waals surface area contributed by atoms with Gasteiger partial charge < -0.3 is 20.1 Å². The van der Waals surface area contributed by atoms with Gasteiger partial charge in [0.05, 0.1) is 19.8 Å². The number of rotatable bonds is 43. The van der Waals surface area contributed by atoms with E-state index in [2.05, 4.69) is 123 Å². The summed E-state index contributed by atoms with van der Waals surface area (Å²) in [7, 11) is -4.30. The fourth-order valence-electron chi connectivity index (χ4n) is 5.84. The SMILES string of the molecule is CC/C=C\C/C=C\C/C=C\C/C=C\C/C=C\CCCCCCCCOCC(COP(=O)(O)OCCN)OC(=O)CCCCCCCC/C=C\C/C=C\C/C=C\C/C=C\CC. The first-order valence-corrected chi connectivity index (χ1v) is 24.9. The second kappa shape index (κ2) is 47.2. The summed E-state index contributed by atoms with van der Waals surface area (Å²) >= 11 is 0. The molecular weight excluding hydrogens is 770 g/mol. The maximum atomic E-state index is 12.6. The molecule has 0 amide bonds. The van der Waals surface area contributed by atoms with Crippen LogP contribution in [0.3, 0.4) is 0 Å². The summed E-state index contributed by atoms with van der Waals surface area (Å²) in [5, 5.41) is 0. The van der Waals surface area contributed by atoms with Crippen molar-refractivity contribution in [2.75, 3.05) is 33.0 Å². The molecule has 0 rings (SSSR count). The van der Waals surface area contributed by atoms with Crippen molar-refractivity contribution in [3.63, 3.8) is 0 Å². The van der Waals surface area contributed by atoms with Crippen LogP contribution in [0.1, 0.15) is 168 Å². The van der Waals surface area contributed by atoms with Crippen molar-refractivity contribution in [3.05, 3.63) is 109 Å². The van der Waals surface area contributed by atoms with E-state index in [0.29, 0.717) is 13.0 Å². The summed E-state index contributed by atoms with van der Waals surface area (Å²) in [6.07, 6.45) is 63.9. The molecule has 0 spiro atoms. The number of ether oxygens (including phenoxy) is 2. The fraction of sp³-hybridized carbons (Fsp3) is 0.627. The number of carbonyl (C=O) groups is 1. The van der Waals surface area contributed by atoms with Crippen LogP contribution < -0.4 is 5.73 Å². The van der Waals surface area contributed by atoms with Crippen molar-refractivity contribution in [1.29, 1.82) is 0 Å². The molecule has 0 aromatic rings. The van der Waals surface area contributed by atoms with Gasteiger partial charge in [0.15, 0.2) is 0 Å². The van der Waals surface area contributed by atoms with Gasteiger partial charge in [0.1, 0.15) is 6.10 Å². The first kappa shape index (κ1) is 57.2. The van der Waals surface area contributed by atoms with E-state index < -0.39 is 13.9 Å². The van der Waals surface area contributed by atoms with E-state index >= 15 is 0 Å². The zero-order chi connectivity index (χ0) is 43.7. The topological polar surface area (TPSA) is 117 Å². The Morgan fingerprint density at radius 3 is 1.32 bits per heavy atom. The zero-order valence-electron chi connectivity index (χ0n) is 37.9. The van der Waals surface area contributed by atoms with Crippen molar-refractivity contribution in [2.24, 2.45) is 5.73 Å². The van der Waals surface area contributed by atoms with Crippen LogP contribution in [0.4, 0.5) is 0 Å². The number of allylic oxidation sites excluding steroid dienone is 18. The Morgan fingerprint density at radius 1 is 0.500 bits per heavy atom. The van der Waals surface area contributed by atoms with Crippen molar-refractivity contribution < 1.29 is 32.8 Å². The molecule has 2 unspecified atom stereocenters. The van der Waals surface area contributed by atoms with E-state index in [4.69, 9.17) is 24.3 Å². The fourth-order valence-corrected chi connectivity index (χ4v) is 6.60. The molecule has 0 bridgehead atoms. The monoisotopic (exact) mass is 856 g/mol. The van der Waals surface area contributed by atoms with E-state index in [1.54, 1.807) is 0 Å².